The molecule has 1 aromatic carbocycles. The van der Waals surface area contributed by atoms with Gasteiger partial charge in [-0.15, -0.1) is 22.7 Å². The molecule has 0 unspecified atom stereocenters. The maximum atomic E-state index is 11.1. The molecule has 5 aromatic rings. The molecule has 0 bridgehead atoms. The Kier molecular flexibility index (Phi) is 4.30. The van der Waals surface area contributed by atoms with Crippen LogP contribution in [0.4, 0.5) is 0 Å². The minimum absolute atomic E-state index is 0.0617. The van der Waals surface area contributed by atoms with Gasteiger partial charge in [0.15, 0.2) is 0 Å². The Morgan fingerprint density at radius 3 is 2.52 bits per heavy atom. The Hall–Kier alpha value is -3.23. The van der Waals surface area contributed by atoms with Crippen LogP contribution >= 0.6 is 22.7 Å². The van der Waals surface area contributed by atoms with Gasteiger partial charge < -0.3 is 5.11 Å². The van der Waals surface area contributed by atoms with Crippen molar-refractivity contribution in [1.29, 1.82) is 0 Å². The summed E-state index contributed by atoms with van der Waals surface area (Å²) in [7, 11) is 0. The zero-order valence-electron chi connectivity index (χ0n) is 15.8. The number of aromatic nitrogens is 5. The van der Waals surface area contributed by atoms with E-state index in [-0.39, 0.29) is 5.88 Å². The van der Waals surface area contributed by atoms with Crippen molar-refractivity contribution in [3.05, 3.63) is 70.7 Å². The van der Waals surface area contributed by atoms with Crippen LogP contribution in [0.15, 0.2) is 59.3 Å². The lowest BCUT2D eigenvalue weighted by molar-refractivity contribution is 0.434. The van der Waals surface area contributed by atoms with Crippen molar-refractivity contribution < 1.29 is 5.11 Å². The summed E-state index contributed by atoms with van der Waals surface area (Å²) < 4.78 is 3.34. The normalized spacial score (nSPS) is 11.2. The van der Waals surface area contributed by atoms with Crippen molar-refractivity contribution in [3.63, 3.8) is 0 Å². The highest BCUT2D eigenvalue weighted by molar-refractivity contribution is 7.15. The molecule has 29 heavy (non-hydrogen) atoms. The van der Waals surface area contributed by atoms with E-state index in [1.165, 1.54) is 16.0 Å². The smallest absolute Gasteiger partial charge is 0.226 e. The van der Waals surface area contributed by atoms with Crippen LogP contribution in [0.1, 0.15) is 11.4 Å². The molecule has 0 fully saturated rings. The summed E-state index contributed by atoms with van der Waals surface area (Å²) in [5, 5.41) is 24.9. The molecule has 0 radical (unpaired) electrons. The van der Waals surface area contributed by atoms with Crippen LogP contribution in [0.3, 0.4) is 0 Å². The van der Waals surface area contributed by atoms with Crippen LogP contribution < -0.4 is 0 Å². The number of para-hydroxylation sites is 1. The fourth-order valence-electron chi connectivity index (χ4n) is 3.29. The second-order valence-electron chi connectivity index (χ2n) is 6.61. The Bertz CT molecular complexity index is 1280. The molecular formula is C21H17N5OS2. The van der Waals surface area contributed by atoms with E-state index in [4.69, 9.17) is 0 Å². The number of aromatic hydroxyl groups is 1. The van der Waals surface area contributed by atoms with Crippen molar-refractivity contribution in [1.82, 2.24) is 24.5 Å². The van der Waals surface area contributed by atoms with E-state index in [1.54, 1.807) is 11.3 Å². The number of thiophene rings is 1. The zero-order valence-corrected chi connectivity index (χ0v) is 17.4. The molecule has 0 aliphatic heterocycles. The quantitative estimate of drug-likeness (QED) is 0.433. The summed E-state index contributed by atoms with van der Waals surface area (Å²) in [5.74, 6) is 0.0617. The molecule has 0 saturated carbocycles. The van der Waals surface area contributed by atoms with Crippen LogP contribution in [0.2, 0.25) is 0 Å². The minimum atomic E-state index is 0.0617. The number of aryl methyl sites for hydroxylation is 2. The topological polar surface area (TPSA) is 68.8 Å². The Labute approximate surface area is 175 Å². The van der Waals surface area contributed by atoms with Crippen molar-refractivity contribution in [2.75, 3.05) is 0 Å². The SMILES string of the molecule is Cc1cc(-c2c(C)nn(-c3nc(-c4cccs4)cs3)c2O)n(-c2ccccc2)n1. The van der Waals surface area contributed by atoms with Gasteiger partial charge in [0.1, 0.15) is 0 Å². The zero-order chi connectivity index (χ0) is 20.0. The van der Waals surface area contributed by atoms with Crippen molar-refractivity contribution in [3.8, 4) is 38.5 Å². The monoisotopic (exact) mass is 419 g/mol. The van der Waals surface area contributed by atoms with Crippen molar-refractivity contribution in [2.45, 2.75) is 13.8 Å². The molecule has 0 aliphatic rings. The van der Waals surface area contributed by atoms with E-state index < -0.39 is 0 Å². The molecule has 1 N–H and O–H groups in total. The van der Waals surface area contributed by atoms with E-state index in [9.17, 15) is 5.11 Å². The summed E-state index contributed by atoms with van der Waals surface area (Å²) in [6, 6.07) is 15.9. The van der Waals surface area contributed by atoms with Crippen LogP contribution in [0.5, 0.6) is 5.88 Å². The third kappa shape index (κ3) is 3.06. The van der Waals surface area contributed by atoms with Crippen LogP contribution in [-0.2, 0) is 0 Å². The minimum Gasteiger partial charge on any atom is -0.493 e. The number of hydrogen-bond donors (Lipinski definition) is 1. The maximum Gasteiger partial charge on any atom is 0.226 e. The molecular weight excluding hydrogens is 402 g/mol. The van der Waals surface area contributed by atoms with Gasteiger partial charge in [-0.2, -0.15) is 14.9 Å². The molecule has 0 spiro atoms. The van der Waals surface area contributed by atoms with E-state index in [2.05, 4.69) is 15.2 Å². The fourth-order valence-corrected chi connectivity index (χ4v) is 4.83. The van der Waals surface area contributed by atoms with Gasteiger partial charge in [0, 0.05) is 5.38 Å². The number of benzene rings is 1. The lowest BCUT2D eigenvalue weighted by atomic mass is 10.1. The molecule has 0 aliphatic carbocycles. The third-order valence-corrected chi connectivity index (χ3v) is 6.28. The Morgan fingerprint density at radius 1 is 0.931 bits per heavy atom. The van der Waals surface area contributed by atoms with Gasteiger partial charge in [-0.25, -0.2) is 9.67 Å². The lowest BCUT2D eigenvalue weighted by Gasteiger charge is -2.07. The second kappa shape index (κ2) is 6.98. The molecule has 4 heterocycles. The number of hydrogen-bond acceptors (Lipinski definition) is 6. The Morgan fingerprint density at radius 2 is 1.76 bits per heavy atom. The molecule has 144 valence electrons. The molecule has 0 amide bonds. The molecule has 6 nitrogen and oxygen atoms in total. The summed E-state index contributed by atoms with van der Waals surface area (Å²) in [6.45, 7) is 3.82. The van der Waals surface area contributed by atoms with E-state index in [0.717, 1.165) is 27.6 Å². The standard InChI is InChI=1S/C21H17N5OS2/c1-13-11-17(25(23-13)15-7-4-3-5-8-15)19-14(2)24-26(20(19)27)21-22-16(12-29-21)18-9-6-10-28-18/h3-12,27H,1-2H3. The summed E-state index contributed by atoms with van der Waals surface area (Å²) in [5.41, 5.74) is 4.85. The lowest BCUT2D eigenvalue weighted by Crippen LogP contribution is -1.99. The number of thiazole rings is 1. The van der Waals surface area contributed by atoms with Crippen molar-refractivity contribution in [2.24, 2.45) is 0 Å². The average Bonchev–Trinajstić information content (AvgIpc) is 3.49. The van der Waals surface area contributed by atoms with Crippen LogP contribution in [0, 0.1) is 13.8 Å². The maximum absolute atomic E-state index is 11.1. The predicted octanol–water partition coefficient (Wildman–Crippen LogP) is 5.23. The van der Waals surface area contributed by atoms with Gasteiger partial charge in [-0.05, 0) is 43.5 Å². The summed E-state index contributed by atoms with van der Waals surface area (Å²) in [4.78, 5) is 5.76. The number of rotatable bonds is 4. The van der Waals surface area contributed by atoms with Crippen molar-refractivity contribution >= 4 is 22.7 Å². The molecule has 8 heteroatoms. The van der Waals surface area contributed by atoms with Gasteiger partial charge in [0.05, 0.1) is 38.9 Å². The highest BCUT2D eigenvalue weighted by atomic mass is 32.1. The molecule has 0 atom stereocenters. The Balaban J connectivity index is 1.62. The second-order valence-corrected chi connectivity index (χ2v) is 8.39. The van der Waals surface area contributed by atoms with Gasteiger partial charge in [0.2, 0.25) is 11.0 Å². The third-order valence-electron chi connectivity index (χ3n) is 4.57. The van der Waals surface area contributed by atoms with E-state index in [1.807, 2.05) is 77.8 Å². The highest BCUT2D eigenvalue weighted by Crippen LogP contribution is 2.37. The molecule has 5 rings (SSSR count). The van der Waals surface area contributed by atoms with E-state index in [0.29, 0.717) is 16.4 Å². The largest absolute Gasteiger partial charge is 0.493 e. The van der Waals surface area contributed by atoms with E-state index >= 15 is 0 Å². The van der Waals surface area contributed by atoms with Gasteiger partial charge in [0.25, 0.3) is 0 Å². The first-order valence-electron chi connectivity index (χ1n) is 9.02. The molecule has 0 saturated heterocycles. The summed E-state index contributed by atoms with van der Waals surface area (Å²) in [6.07, 6.45) is 0. The highest BCUT2D eigenvalue weighted by Gasteiger charge is 2.23. The first-order chi connectivity index (χ1) is 14.1. The number of nitrogens with zero attached hydrogens (tertiary/aromatic N) is 5. The first kappa shape index (κ1) is 17.8. The van der Waals surface area contributed by atoms with Crippen LogP contribution in [-0.4, -0.2) is 29.7 Å². The van der Waals surface area contributed by atoms with Gasteiger partial charge >= 0.3 is 0 Å². The summed E-state index contributed by atoms with van der Waals surface area (Å²) >= 11 is 3.09. The van der Waals surface area contributed by atoms with Gasteiger partial charge in [-0.1, -0.05) is 24.3 Å². The fraction of sp³-hybridized carbons (Fsp3) is 0.0952. The molecule has 4 aromatic heterocycles. The average molecular weight is 420 g/mol. The predicted molar refractivity (Wildman–Crippen MR) is 116 cm³/mol. The van der Waals surface area contributed by atoms with Crippen LogP contribution in [0.25, 0.3) is 32.6 Å². The first-order valence-corrected chi connectivity index (χ1v) is 10.8. The van der Waals surface area contributed by atoms with Gasteiger partial charge in [-0.3, -0.25) is 0 Å².